The number of hydrogen-bond acceptors (Lipinski definition) is 8. The van der Waals surface area contributed by atoms with Crippen molar-refractivity contribution in [1.82, 2.24) is 24.8 Å². The van der Waals surface area contributed by atoms with Crippen LogP contribution in [-0.4, -0.2) is 90.0 Å². The van der Waals surface area contributed by atoms with Crippen LogP contribution in [0.1, 0.15) is 45.4 Å². The quantitative estimate of drug-likeness (QED) is 0.228. The van der Waals surface area contributed by atoms with Gasteiger partial charge >= 0.3 is 5.97 Å². The summed E-state index contributed by atoms with van der Waals surface area (Å²) in [5.74, 6) is -1.70. The molecule has 1 spiro atoms. The fourth-order valence-corrected chi connectivity index (χ4v) is 8.86. The summed E-state index contributed by atoms with van der Waals surface area (Å²) < 4.78 is 6.45. The number of amides is 2. The molecule has 2 unspecified atom stereocenters. The molecule has 0 radical (unpaired) electrons. The van der Waals surface area contributed by atoms with Gasteiger partial charge in [0.1, 0.15) is 18.2 Å². The number of fused-ring (bicyclic) bond motifs is 2. The highest BCUT2D eigenvalue weighted by Crippen LogP contribution is 2.66. The topological polar surface area (TPSA) is 118 Å². The molecule has 3 aliphatic rings. The van der Waals surface area contributed by atoms with Gasteiger partial charge in [-0.2, -0.15) is 0 Å². The zero-order valence-electron chi connectivity index (χ0n) is 22.4. The number of ether oxygens (including phenoxy) is 1. The molecule has 0 aliphatic carbocycles. The highest BCUT2D eigenvalue weighted by atomic mass is 32.2. The minimum absolute atomic E-state index is 0.0212. The number of esters is 1. The summed E-state index contributed by atoms with van der Waals surface area (Å²) in [6.07, 6.45) is 6.32. The lowest BCUT2D eigenvalue weighted by Gasteiger charge is -2.37. The first-order chi connectivity index (χ1) is 19.0. The minimum atomic E-state index is -0.683. The molecule has 0 saturated carbocycles. The van der Waals surface area contributed by atoms with E-state index in [0.29, 0.717) is 19.4 Å². The fourth-order valence-electron chi connectivity index (χ4n) is 6.66. The van der Waals surface area contributed by atoms with E-state index in [-0.39, 0.29) is 49.5 Å². The van der Waals surface area contributed by atoms with E-state index in [9.17, 15) is 14.4 Å². The molecule has 2 bridgehead atoms. The molecule has 4 heterocycles. The molecule has 3 aliphatic heterocycles. The number of likely N-dealkylation sites (tertiary alicyclic amines) is 1. The SMILES string of the molecule is C=CCN(Cn1nnc2ccccc21)C(=O)C1N(CCCCCCO)C(=O)[C@@H]2[C@H](C(=O)OCC)[C@@H]3CCC12S3. The molecule has 3 fully saturated rings. The normalized spacial score (nSPS) is 27.2. The van der Waals surface area contributed by atoms with Gasteiger partial charge in [0.25, 0.3) is 0 Å². The van der Waals surface area contributed by atoms with Gasteiger partial charge in [0.05, 0.1) is 28.7 Å². The van der Waals surface area contributed by atoms with Crippen molar-refractivity contribution in [3.63, 3.8) is 0 Å². The first-order valence-electron chi connectivity index (χ1n) is 13.9. The monoisotopic (exact) mass is 555 g/mol. The molecule has 2 amide bonds. The fraction of sp³-hybridized carbons (Fsp3) is 0.607. The maximum Gasteiger partial charge on any atom is 0.310 e. The average Bonchev–Trinajstić information content (AvgIpc) is 3.68. The van der Waals surface area contributed by atoms with Crippen LogP contribution in [0.25, 0.3) is 11.0 Å². The van der Waals surface area contributed by atoms with Crippen LogP contribution in [0.4, 0.5) is 0 Å². The van der Waals surface area contributed by atoms with Gasteiger partial charge in [-0.3, -0.25) is 14.4 Å². The van der Waals surface area contributed by atoms with E-state index in [4.69, 9.17) is 9.84 Å². The van der Waals surface area contributed by atoms with Crippen molar-refractivity contribution >= 4 is 40.6 Å². The van der Waals surface area contributed by atoms with Crippen LogP contribution in [0.15, 0.2) is 36.9 Å². The number of carbonyl (C=O) groups excluding carboxylic acids is 3. The first-order valence-corrected chi connectivity index (χ1v) is 14.8. The lowest BCUT2D eigenvalue weighted by molar-refractivity contribution is -0.153. The average molecular weight is 556 g/mol. The number of aromatic nitrogens is 3. The molecule has 10 nitrogen and oxygen atoms in total. The van der Waals surface area contributed by atoms with Gasteiger partial charge in [-0.25, -0.2) is 4.68 Å². The Morgan fingerprint density at radius 1 is 1.28 bits per heavy atom. The molecule has 1 aromatic heterocycles. The zero-order chi connectivity index (χ0) is 27.6. The smallest absolute Gasteiger partial charge is 0.310 e. The third-order valence-electron chi connectivity index (χ3n) is 8.29. The number of aliphatic hydroxyl groups is 1. The van der Waals surface area contributed by atoms with Gasteiger partial charge in [0.2, 0.25) is 11.8 Å². The number of para-hydroxylation sites is 1. The Kier molecular flexibility index (Phi) is 8.27. The summed E-state index contributed by atoms with van der Waals surface area (Å²) in [6, 6.07) is 6.90. The Bertz CT molecular complexity index is 1240. The maximum absolute atomic E-state index is 14.5. The van der Waals surface area contributed by atoms with Gasteiger partial charge in [-0.15, -0.1) is 23.4 Å². The highest BCUT2D eigenvalue weighted by Gasteiger charge is 2.74. The zero-order valence-corrected chi connectivity index (χ0v) is 23.2. The van der Waals surface area contributed by atoms with Gasteiger partial charge in [-0.1, -0.05) is 36.3 Å². The molecule has 1 aromatic carbocycles. The van der Waals surface area contributed by atoms with Gasteiger partial charge in [0.15, 0.2) is 0 Å². The molecule has 3 saturated heterocycles. The van der Waals surface area contributed by atoms with Crippen LogP contribution < -0.4 is 0 Å². The second-order valence-corrected chi connectivity index (χ2v) is 12.1. The molecule has 2 aromatic rings. The van der Waals surface area contributed by atoms with Crippen molar-refractivity contribution in [1.29, 1.82) is 0 Å². The van der Waals surface area contributed by atoms with Crippen molar-refractivity contribution in [3.8, 4) is 0 Å². The number of benzene rings is 1. The molecular formula is C28H37N5O5S. The number of aliphatic hydroxyl groups excluding tert-OH is 1. The molecule has 1 N–H and O–H groups in total. The van der Waals surface area contributed by atoms with E-state index < -0.39 is 22.6 Å². The maximum atomic E-state index is 14.5. The molecule has 5 rings (SSSR count). The predicted octanol–water partition coefficient (Wildman–Crippen LogP) is 2.61. The van der Waals surface area contributed by atoms with E-state index in [1.807, 2.05) is 24.3 Å². The highest BCUT2D eigenvalue weighted by molar-refractivity contribution is 8.02. The van der Waals surface area contributed by atoms with Gasteiger partial charge in [0, 0.05) is 24.9 Å². The number of nitrogens with zero attached hydrogens (tertiary/aromatic N) is 5. The number of rotatable bonds is 13. The van der Waals surface area contributed by atoms with Crippen LogP contribution in [0.3, 0.4) is 0 Å². The van der Waals surface area contributed by atoms with Crippen LogP contribution in [0.5, 0.6) is 0 Å². The van der Waals surface area contributed by atoms with Crippen LogP contribution in [0, 0.1) is 11.8 Å². The molecule has 39 heavy (non-hydrogen) atoms. The van der Waals surface area contributed by atoms with E-state index in [1.165, 1.54) is 0 Å². The predicted molar refractivity (Wildman–Crippen MR) is 147 cm³/mol. The number of thioether (sulfide) groups is 1. The third kappa shape index (κ3) is 4.84. The van der Waals surface area contributed by atoms with Gasteiger partial charge in [-0.05, 0) is 44.7 Å². The molecule has 210 valence electrons. The van der Waals surface area contributed by atoms with Crippen molar-refractivity contribution in [2.45, 2.75) is 68.2 Å². The van der Waals surface area contributed by atoms with E-state index in [2.05, 4.69) is 16.9 Å². The van der Waals surface area contributed by atoms with Crippen molar-refractivity contribution < 1.29 is 24.2 Å². The van der Waals surface area contributed by atoms with E-state index in [0.717, 1.165) is 36.7 Å². The summed E-state index contributed by atoms with van der Waals surface area (Å²) in [5.41, 5.74) is 1.56. The molecule has 5 atom stereocenters. The summed E-state index contributed by atoms with van der Waals surface area (Å²) in [7, 11) is 0. The summed E-state index contributed by atoms with van der Waals surface area (Å²) in [5, 5.41) is 17.6. The lowest BCUT2D eigenvalue weighted by Crippen LogP contribution is -2.55. The molecular weight excluding hydrogens is 518 g/mol. The number of hydrogen-bond donors (Lipinski definition) is 1. The number of carbonyl (C=O) groups is 3. The van der Waals surface area contributed by atoms with Crippen LogP contribution >= 0.6 is 11.8 Å². The van der Waals surface area contributed by atoms with Crippen LogP contribution in [0.2, 0.25) is 0 Å². The van der Waals surface area contributed by atoms with Gasteiger partial charge < -0.3 is 19.6 Å². The van der Waals surface area contributed by atoms with Crippen molar-refractivity contribution in [2.75, 3.05) is 26.3 Å². The Morgan fingerprint density at radius 3 is 2.85 bits per heavy atom. The third-order valence-corrected chi connectivity index (χ3v) is 10.2. The second-order valence-electron chi connectivity index (χ2n) is 10.5. The summed E-state index contributed by atoms with van der Waals surface area (Å²) in [4.78, 5) is 45.0. The summed E-state index contributed by atoms with van der Waals surface area (Å²) in [6.45, 7) is 6.96. The second kappa shape index (κ2) is 11.7. The Hall–Kier alpha value is -2.92. The number of unbranched alkanes of at least 4 members (excludes halogenated alkanes) is 3. The van der Waals surface area contributed by atoms with E-state index >= 15 is 0 Å². The van der Waals surface area contributed by atoms with Crippen molar-refractivity contribution in [3.05, 3.63) is 36.9 Å². The standard InChI is InChI=1S/C28H37N5O5S/c1-3-15-31(18-33-20-12-8-7-11-19(20)29-30-33)26(36)24-28-14-13-21(39-28)22(27(37)38-4-2)23(28)25(35)32(24)16-9-5-6-10-17-34/h3,7-8,11-12,21-24,34H,1,4-6,9-10,13-18H2,2H3/t21-,22+,23-,24?,28?/m0/s1. The Labute approximate surface area is 232 Å². The largest absolute Gasteiger partial charge is 0.466 e. The lowest BCUT2D eigenvalue weighted by atomic mass is 9.71. The minimum Gasteiger partial charge on any atom is -0.466 e. The Morgan fingerprint density at radius 2 is 2.08 bits per heavy atom. The van der Waals surface area contributed by atoms with Crippen molar-refractivity contribution in [2.24, 2.45) is 11.8 Å². The summed E-state index contributed by atoms with van der Waals surface area (Å²) >= 11 is 1.64. The Balaban J connectivity index is 1.46. The van der Waals surface area contributed by atoms with E-state index in [1.54, 1.807) is 39.2 Å². The molecule has 11 heteroatoms. The van der Waals surface area contributed by atoms with Crippen LogP contribution in [-0.2, 0) is 25.8 Å². The first kappa shape index (κ1) is 27.6.